The number of rotatable bonds is 5. The number of likely N-dealkylation sites (tertiary alicyclic amines) is 1. The molecule has 1 aromatic carbocycles. The van der Waals surface area contributed by atoms with Crippen molar-refractivity contribution in [3.8, 4) is 0 Å². The first-order valence-electron chi connectivity index (χ1n) is 10.2. The number of carbonyl (C=O) groups is 3. The number of hydrogen-bond donors (Lipinski definition) is 0. The van der Waals surface area contributed by atoms with E-state index in [1.54, 1.807) is 9.80 Å². The van der Waals surface area contributed by atoms with Gasteiger partial charge in [0, 0.05) is 56.4 Å². The fourth-order valence-electron chi connectivity index (χ4n) is 3.85. The van der Waals surface area contributed by atoms with E-state index >= 15 is 0 Å². The van der Waals surface area contributed by atoms with Gasteiger partial charge in [0.1, 0.15) is 0 Å². The standard InChI is InChI=1S/C21H28ClN3O4/c1-2-19(26)25-8-4-5-16(14-25)21(28)29-15-20(27)24-11-9-23(10-12-24)18-7-3-6-17(22)13-18/h3,6-7,13,16H,2,4-5,8-12,14-15H2,1H3. The maximum Gasteiger partial charge on any atom is 0.311 e. The Labute approximate surface area is 176 Å². The second-order valence-electron chi connectivity index (χ2n) is 7.49. The summed E-state index contributed by atoms with van der Waals surface area (Å²) in [5, 5.41) is 0.690. The Kier molecular flexibility index (Phi) is 7.36. The molecule has 0 radical (unpaired) electrons. The van der Waals surface area contributed by atoms with E-state index in [0.717, 1.165) is 12.1 Å². The van der Waals surface area contributed by atoms with Crippen molar-refractivity contribution in [1.82, 2.24) is 9.80 Å². The van der Waals surface area contributed by atoms with E-state index in [1.165, 1.54) is 0 Å². The number of amides is 2. The second kappa shape index (κ2) is 9.96. The summed E-state index contributed by atoms with van der Waals surface area (Å²) in [6.07, 6.45) is 1.91. The largest absolute Gasteiger partial charge is 0.455 e. The Morgan fingerprint density at radius 1 is 1.07 bits per heavy atom. The zero-order chi connectivity index (χ0) is 20.8. The first-order chi connectivity index (χ1) is 14.0. The minimum absolute atomic E-state index is 0.0520. The third kappa shape index (κ3) is 5.63. The molecule has 2 aliphatic rings. The highest BCUT2D eigenvalue weighted by Gasteiger charge is 2.30. The number of piperazine rings is 1. The van der Waals surface area contributed by atoms with Crippen LogP contribution in [0.15, 0.2) is 24.3 Å². The highest BCUT2D eigenvalue weighted by Crippen LogP contribution is 2.21. The van der Waals surface area contributed by atoms with Crippen LogP contribution in [0.4, 0.5) is 5.69 Å². The molecule has 0 N–H and O–H groups in total. The fourth-order valence-corrected chi connectivity index (χ4v) is 4.03. The molecule has 1 atom stereocenters. The molecule has 2 fully saturated rings. The normalized spacial score (nSPS) is 19.8. The number of hydrogen-bond acceptors (Lipinski definition) is 5. The Balaban J connectivity index is 1.43. The molecule has 2 heterocycles. The molecule has 7 nitrogen and oxygen atoms in total. The van der Waals surface area contributed by atoms with Crippen molar-refractivity contribution < 1.29 is 19.1 Å². The first kappa shape index (κ1) is 21.4. The number of halogens is 1. The fraction of sp³-hybridized carbons (Fsp3) is 0.571. The Bertz CT molecular complexity index is 749. The molecule has 8 heteroatoms. The topological polar surface area (TPSA) is 70.2 Å². The summed E-state index contributed by atoms with van der Waals surface area (Å²) in [7, 11) is 0. The molecule has 0 bridgehead atoms. The lowest BCUT2D eigenvalue weighted by atomic mass is 9.98. The number of ether oxygens (including phenoxy) is 1. The molecule has 1 unspecified atom stereocenters. The molecule has 0 aliphatic carbocycles. The second-order valence-corrected chi connectivity index (χ2v) is 7.92. The molecule has 0 spiro atoms. The van der Waals surface area contributed by atoms with Gasteiger partial charge in [-0.1, -0.05) is 24.6 Å². The summed E-state index contributed by atoms with van der Waals surface area (Å²) in [4.78, 5) is 42.3. The number of benzene rings is 1. The minimum atomic E-state index is -0.385. The monoisotopic (exact) mass is 421 g/mol. The van der Waals surface area contributed by atoms with E-state index in [0.29, 0.717) is 57.1 Å². The number of piperidine rings is 1. The predicted molar refractivity (Wildman–Crippen MR) is 111 cm³/mol. The average molecular weight is 422 g/mol. The van der Waals surface area contributed by atoms with E-state index in [1.807, 2.05) is 31.2 Å². The van der Waals surface area contributed by atoms with Gasteiger partial charge in [-0.05, 0) is 31.0 Å². The van der Waals surface area contributed by atoms with Gasteiger partial charge in [0.05, 0.1) is 5.92 Å². The van der Waals surface area contributed by atoms with Gasteiger partial charge in [0.2, 0.25) is 5.91 Å². The van der Waals surface area contributed by atoms with Gasteiger partial charge in [-0.15, -0.1) is 0 Å². The lowest BCUT2D eigenvalue weighted by Gasteiger charge is -2.36. The van der Waals surface area contributed by atoms with Crippen molar-refractivity contribution in [3.63, 3.8) is 0 Å². The van der Waals surface area contributed by atoms with Gasteiger partial charge in [0.15, 0.2) is 6.61 Å². The first-order valence-corrected chi connectivity index (χ1v) is 10.6. The quantitative estimate of drug-likeness (QED) is 0.681. The van der Waals surface area contributed by atoms with Crippen molar-refractivity contribution in [2.75, 3.05) is 50.8 Å². The van der Waals surface area contributed by atoms with Crippen molar-refractivity contribution in [3.05, 3.63) is 29.3 Å². The van der Waals surface area contributed by atoms with Gasteiger partial charge in [-0.2, -0.15) is 0 Å². The van der Waals surface area contributed by atoms with Crippen LogP contribution in [-0.4, -0.2) is 73.5 Å². The van der Waals surface area contributed by atoms with Crippen LogP contribution in [0.2, 0.25) is 5.02 Å². The SMILES string of the molecule is CCC(=O)N1CCCC(C(=O)OCC(=O)N2CCN(c3cccc(Cl)c3)CC2)C1. The molecular weight excluding hydrogens is 394 g/mol. The summed E-state index contributed by atoms with van der Waals surface area (Å²) in [6, 6.07) is 7.66. The molecule has 29 heavy (non-hydrogen) atoms. The average Bonchev–Trinajstić information content (AvgIpc) is 2.76. The molecule has 0 aromatic heterocycles. The van der Waals surface area contributed by atoms with Crippen LogP contribution in [0.1, 0.15) is 26.2 Å². The molecule has 158 valence electrons. The molecule has 1 aromatic rings. The lowest BCUT2D eigenvalue weighted by Crippen LogP contribution is -2.50. The third-order valence-corrected chi connectivity index (χ3v) is 5.79. The molecule has 3 rings (SSSR count). The van der Waals surface area contributed by atoms with Crippen LogP contribution in [0.3, 0.4) is 0 Å². The Morgan fingerprint density at radius 2 is 1.83 bits per heavy atom. The predicted octanol–water partition coefficient (Wildman–Crippen LogP) is 2.18. The van der Waals surface area contributed by atoms with E-state index in [-0.39, 0.29) is 30.3 Å². The van der Waals surface area contributed by atoms with Crippen molar-refractivity contribution >= 4 is 35.1 Å². The van der Waals surface area contributed by atoms with Crippen LogP contribution in [0.25, 0.3) is 0 Å². The van der Waals surface area contributed by atoms with Crippen molar-refractivity contribution in [2.45, 2.75) is 26.2 Å². The summed E-state index contributed by atoms with van der Waals surface area (Å²) in [5.41, 5.74) is 1.04. The van der Waals surface area contributed by atoms with Crippen LogP contribution in [0.5, 0.6) is 0 Å². The molecular formula is C21H28ClN3O4. The van der Waals surface area contributed by atoms with Gasteiger partial charge >= 0.3 is 5.97 Å². The number of carbonyl (C=O) groups excluding carboxylic acids is 3. The van der Waals surface area contributed by atoms with Crippen LogP contribution >= 0.6 is 11.6 Å². The smallest absolute Gasteiger partial charge is 0.311 e. The zero-order valence-electron chi connectivity index (χ0n) is 16.8. The molecule has 2 aliphatic heterocycles. The number of anilines is 1. The van der Waals surface area contributed by atoms with Gasteiger partial charge in [-0.3, -0.25) is 14.4 Å². The van der Waals surface area contributed by atoms with Crippen molar-refractivity contribution in [1.29, 1.82) is 0 Å². The summed E-state index contributed by atoms with van der Waals surface area (Å²) >= 11 is 6.05. The van der Waals surface area contributed by atoms with Crippen LogP contribution < -0.4 is 4.90 Å². The van der Waals surface area contributed by atoms with E-state index in [2.05, 4.69) is 4.90 Å². The highest BCUT2D eigenvalue weighted by molar-refractivity contribution is 6.30. The Hall–Kier alpha value is -2.28. The zero-order valence-corrected chi connectivity index (χ0v) is 17.6. The maximum atomic E-state index is 12.4. The van der Waals surface area contributed by atoms with Gasteiger partial charge < -0.3 is 19.4 Å². The Morgan fingerprint density at radius 3 is 2.52 bits per heavy atom. The summed E-state index contributed by atoms with van der Waals surface area (Å²) in [5.74, 6) is -0.853. The van der Waals surface area contributed by atoms with Crippen LogP contribution in [0, 0.1) is 5.92 Å². The van der Waals surface area contributed by atoms with Crippen molar-refractivity contribution in [2.24, 2.45) is 5.92 Å². The van der Waals surface area contributed by atoms with E-state index in [9.17, 15) is 14.4 Å². The minimum Gasteiger partial charge on any atom is -0.455 e. The maximum absolute atomic E-state index is 12.4. The van der Waals surface area contributed by atoms with Gasteiger partial charge in [0.25, 0.3) is 5.91 Å². The lowest BCUT2D eigenvalue weighted by molar-refractivity contribution is -0.157. The molecule has 0 saturated carbocycles. The number of esters is 1. The summed E-state index contributed by atoms with van der Waals surface area (Å²) in [6.45, 7) is 5.21. The van der Waals surface area contributed by atoms with E-state index < -0.39 is 0 Å². The number of nitrogens with zero attached hydrogens (tertiary/aromatic N) is 3. The van der Waals surface area contributed by atoms with Crippen LogP contribution in [-0.2, 0) is 19.1 Å². The van der Waals surface area contributed by atoms with E-state index in [4.69, 9.17) is 16.3 Å². The molecule has 2 saturated heterocycles. The molecule has 2 amide bonds. The highest BCUT2D eigenvalue weighted by atomic mass is 35.5. The third-order valence-electron chi connectivity index (χ3n) is 5.55. The summed E-state index contributed by atoms with van der Waals surface area (Å²) < 4.78 is 5.29. The van der Waals surface area contributed by atoms with Gasteiger partial charge in [-0.25, -0.2) is 0 Å².